The number of aliphatic carboxylic acids is 1. The smallest absolute Gasteiger partial charge is 0.481 e. The van der Waals surface area contributed by atoms with Crippen LogP contribution in [0.4, 0.5) is 22.0 Å². The Balaban J connectivity index is 3.34. The molecule has 10 heteroatoms. The molecule has 0 unspecified atom stereocenters. The number of ether oxygens (including phenoxy) is 1. The van der Waals surface area contributed by atoms with Gasteiger partial charge in [0.1, 0.15) is 0 Å². The third-order valence-electron chi connectivity index (χ3n) is 1.86. The van der Waals surface area contributed by atoms with Crippen LogP contribution in [0.1, 0.15) is 17.8 Å². The van der Waals surface area contributed by atoms with Crippen molar-refractivity contribution in [2.24, 2.45) is 0 Å². The summed E-state index contributed by atoms with van der Waals surface area (Å²) in [6, 6.07) is 0.219. The van der Waals surface area contributed by atoms with Gasteiger partial charge in [0.05, 0.1) is 17.8 Å². The Morgan fingerprint density at radius 1 is 1.42 bits per heavy atom. The van der Waals surface area contributed by atoms with Crippen molar-refractivity contribution in [2.45, 2.75) is 19.2 Å². The summed E-state index contributed by atoms with van der Waals surface area (Å²) < 4.78 is 64.1. The van der Waals surface area contributed by atoms with Gasteiger partial charge in [-0.15, -0.1) is 13.2 Å². The average molecular weight is 287 g/mol. The first-order valence-corrected chi connectivity index (χ1v) is 4.62. The number of carbonyl (C=O) groups is 1. The predicted molar refractivity (Wildman–Crippen MR) is 50.0 cm³/mol. The minimum absolute atomic E-state index is 0.219. The van der Waals surface area contributed by atoms with Crippen LogP contribution in [-0.4, -0.2) is 22.4 Å². The number of aromatic nitrogens is 1. The van der Waals surface area contributed by atoms with Gasteiger partial charge in [0.2, 0.25) is 5.43 Å². The molecule has 0 radical (unpaired) electrons. The zero-order valence-corrected chi connectivity index (χ0v) is 8.92. The zero-order chi connectivity index (χ0) is 14.8. The molecule has 0 aliphatic heterocycles. The third kappa shape index (κ3) is 4.23. The molecule has 0 aromatic carbocycles. The highest BCUT2D eigenvalue weighted by Gasteiger charge is 2.34. The van der Waals surface area contributed by atoms with Gasteiger partial charge in [0, 0.05) is 6.07 Å². The summed E-state index contributed by atoms with van der Waals surface area (Å²) in [7, 11) is 0. The van der Waals surface area contributed by atoms with E-state index in [1.165, 1.54) is 0 Å². The fourth-order valence-electron chi connectivity index (χ4n) is 1.24. The van der Waals surface area contributed by atoms with Gasteiger partial charge in [0.15, 0.2) is 5.75 Å². The molecule has 1 heterocycles. The fraction of sp³-hybridized carbons (Fsp3) is 0.333. The minimum Gasteiger partial charge on any atom is -0.481 e. The van der Waals surface area contributed by atoms with Crippen molar-refractivity contribution in [1.29, 1.82) is 0 Å². The topological polar surface area (TPSA) is 79.4 Å². The molecule has 1 aromatic heterocycles. The number of carboxylic acid groups (broad SMARTS) is 1. The Morgan fingerprint density at radius 2 is 2.00 bits per heavy atom. The highest BCUT2D eigenvalue weighted by atomic mass is 19.4. The van der Waals surface area contributed by atoms with E-state index in [-0.39, 0.29) is 6.07 Å². The van der Waals surface area contributed by atoms with Gasteiger partial charge in [-0.05, 0) is 0 Å². The van der Waals surface area contributed by atoms with Gasteiger partial charge in [-0.3, -0.25) is 9.59 Å². The summed E-state index contributed by atoms with van der Waals surface area (Å²) in [5.41, 5.74) is -3.36. The molecule has 0 aliphatic rings. The van der Waals surface area contributed by atoms with Crippen molar-refractivity contribution in [3.63, 3.8) is 0 Å². The van der Waals surface area contributed by atoms with E-state index in [0.717, 1.165) is 0 Å². The van der Waals surface area contributed by atoms with E-state index in [1.54, 1.807) is 4.98 Å². The molecular formula is C9H6F5NO4. The molecule has 0 saturated heterocycles. The van der Waals surface area contributed by atoms with Crippen LogP contribution in [0.3, 0.4) is 0 Å². The van der Waals surface area contributed by atoms with Gasteiger partial charge in [-0.2, -0.15) is 0 Å². The van der Waals surface area contributed by atoms with Gasteiger partial charge in [-0.1, -0.05) is 0 Å². The molecule has 0 aliphatic carbocycles. The Morgan fingerprint density at radius 3 is 2.42 bits per heavy atom. The van der Waals surface area contributed by atoms with E-state index in [0.29, 0.717) is 0 Å². The Kier molecular flexibility index (Phi) is 4.12. The van der Waals surface area contributed by atoms with Crippen molar-refractivity contribution in [3.8, 4) is 5.75 Å². The molecule has 0 amide bonds. The quantitative estimate of drug-likeness (QED) is 0.828. The van der Waals surface area contributed by atoms with Crippen molar-refractivity contribution in [1.82, 2.24) is 4.98 Å². The van der Waals surface area contributed by atoms with Gasteiger partial charge in [-0.25, -0.2) is 8.78 Å². The lowest BCUT2D eigenvalue weighted by atomic mass is 10.2. The predicted octanol–water partition coefficient (Wildman–Crippen LogP) is 1.84. The summed E-state index contributed by atoms with van der Waals surface area (Å²) in [6.07, 6.45) is -9.51. The standard InChI is InChI=1S/C9H6F5NO4/c10-8(11)4-1-5(16)7(19-9(12,13)14)3(15-4)2-6(17)18/h1,8H,2H2,(H,15,16)(H,17,18). The lowest BCUT2D eigenvalue weighted by molar-refractivity contribution is -0.275. The second-order valence-electron chi connectivity index (χ2n) is 3.32. The first-order valence-electron chi connectivity index (χ1n) is 4.62. The molecule has 1 aromatic rings. The SMILES string of the molecule is O=C(O)Cc1[nH]c(C(F)F)cc(=O)c1OC(F)(F)F. The van der Waals surface area contributed by atoms with E-state index >= 15 is 0 Å². The van der Waals surface area contributed by atoms with Crippen LogP contribution >= 0.6 is 0 Å². The summed E-state index contributed by atoms with van der Waals surface area (Å²) in [5.74, 6) is -2.98. The lowest BCUT2D eigenvalue weighted by Crippen LogP contribution is -2.25. The fourth-order valence-corrected chi connectivity index (χ4v) is 1.24. The average Bonchev–Trinajstić information content (AvgIpc) is 2.20. The lowest BCUT2D eigenvalue weighted by Gasteiger charge is -2.13. The van der Waals surface area contributed by atoms with E-state index in [9.17, 15) is 31.5 Å². The highest BCUT2D eigenvalue weighted by Crippen LogP contribution is 2.25. The van der Waals surface area contributed by atoms with Gasteiger partial charge >= 0.3 is 12.3 Å². The van der Waals surface area contributed by atoms with Crippen molar-refractivity contribution in [2.75, 3.05) is 0 Å². The summed E-state index contributed by atoms with van der Waals surface area (Å²) in [5, 5.41) is 8.46. The minimum atomic E-state index is -5.24. The summed E-state index contributed by atoms with van der Waals surface area (Å²) >= 11 is 0. The third-order valence-corrected chi connectivity index (χ3v) is 1.86. The number of alkyl halides is 5. The normalized spacial score (nSPS) is 11.7. The van der Waals surface area contributed by atoms with E-state index < -0.39 is 47.7 Å². The number of H-pyrrole nitrogens is 1. The highest BCUT2D eigenvalue weighted by molar-refractivity contribution is 5.70. The monoisotopic (exact) mass is 287 g/mol. The number of carboxylic acids is 1. The molecule has 19 heavy (non-hydrogen) atoms. The Hall–Kier alpha value is -2.13. The summed E-state index contributed by atoms with van der Waals surface area (Å²) in [6.45, 7) is 0. The Labute approximate surface area is 101 Å². The number of halogens is 5. The number of nitrogens with one attached hydrogen (secondary N) is 1. The van der Waals surface area contributed by atoms with Gasteiger partial charge in [0.25, 0.3) is 6.43 Å². The molecule has 106 valence electrons. The summed E-state index contributed by atoms with van der Waals surface area (Å²) in [4.78, 5) is 23.4. The van der Waals surface area contributed by atoms with Crippen LogP contribution in [0.2, 0.25) is 0 Å². The molecule has 0 saturated carbocycles. The maximum atomic E-state index is 12.4. The zero-order valence-electron chi connectivity index (χ0n) is 8.92. The number of rotatable bonds is 4. The second kappa shape index (κ2) is 5.24. The van der Waals surface area contributed by atoms with Crippen LogP contribution < -0.4 is 10.2 Å². The number of hydrogen-bond acceptors (Lipinski definition) is 3. The first-order chi connectivity index (χ1) is 8.60. The maximum absolute atomic E-state index is 12.4. The largest absolute Gasteiger partial charge is 0.573 e. The maximum Gasteiger partial charge on any atom is 0.573 e. The number of hydrogen-bond donors (Lipinski definition) is 2. The first kappa shape index (κ1) is 14.9. The molecule has 1 rings (SSSR count). The molecule has 2 N–H and O–H groups in total. The Bertz CT molecular complexity index is 536. The van der Waals surface area contributed by atoms with Crippen molar-refractivity contribution < 1.29 is 36.6 Å². The van der Waals surface area contributed by atoms with Crippen molar-refractivity contribution in [3.05, 3.63) is 27.7 Å². The van der Waals surface area contributed by atoms with E-state index in [2.05, 4.69) is 4.74 Å². The molecule has 0 atom stereocenters. The van der Waals surface area contributed by atoms with Crippen LogP contribution in [0.25, 0.3) is 0 Å². The van der Waals surface area contributed by atoms with E-state index in [1.807, 2.05) is 0 Å². The molecule has 0 bridgehead atoms. The second-order valence-corrected chi connectivity index (χ2v) is 3.32. The van der Waals surface area contributed by atoms with Crippen LogP contribution in [0, 0.1) is 0 Å². The molecular weight excluding hydrogens is 281 g/mol. The van der Waals surface area contributed by atoms with Crippen molar-refractivity contribution >= 4 is 5.97 Å². The molecule has 0 spiro atoms. The molecule has 5 nitrogen and oxygen atoms in total. The van der Waals surface area contributed by atoms with Crippen LogP contribution in [0.15, 0.2) is 10.9 Å². The van der Waals surface area contributed by atoms with E-state index in [4.69, 9.17) is 5.11 Å². The number of aromatic amines is 1. The molecule has 0 fully saturated rings. The van der Waals surface area contributed by atoms with Crippen LogP contribution in [0.5, 0.6) is 5.75 Å². The van der Waals surface area contributed by atoms with Crippen LogP contribution in [-0.2, 0) is 11.2 Å². The number of pyridine rings is 1. The van der Waals surface area contributed by atoms with Gasteiger partial charge < -0.3 is 14.8 Å².